The molecule has 2 heterocycles. The van der Waals surface area contributed by atoms with Gasteiger partial charge in [-0.15, -0.1) is 6.58 Å². The SMILES string of the molecule is C=CCNC(=O)C(=O)C(CC1CC1)NCC(=O)[C@@H]1[C@@H]2C(CN1C(=O)[C@@H](NC(=O)[C@@H](NC(=O)c1ccccn1)C1(C)CCCCC1)C(C)(C)C)CC2(C)C. The molecule has 290 valence electrons. The van der Waals surface area contributed by atoms with Gasteiger partial charge in [0.1, 0.15) is 17.8 Å². The summed E-state index contributed by atoms with van der Waals surface area (Å²) in [5.41, 5.74) is -1.25. The topological polar surface area (TPSA) is 167 Å². The van der Waals surface area contributed by atoms with Gasteiger partial charge in [0.2, 0.25) is 17.6 Å². The minimum absolute atomic E-state index is 0.0860. The van der Waals surface area contributed by atoms with Crippen LogP contribution in [0.25, 0.3) is 0 Å². The fourth-order valence-corrected chi connectivity index (χ4v) is 9.10. The van der Waals surface area contributed by atoms with Crippen molar-refractivity contribution in [1.29, 1.82) is 0 Å². The van der Waals surface area contributed by atoms with Gasteiger partial charge in [0.05, 0.1) is 18.6 Å². The van der Waals surface area contributed by atoms with Gasteiger partial charge in [-0.2, -0.15) is 0 Å². The Morgan fingerprint density at radius 2 is 1.72 bits per heavy atom. The van der Waals surface area contributed by atoms with Gasteiger partial charge in [-0.1, -0.05) is 85.8 Å². The van der Waals surface area contributed by atoms with Crippen molar-refractivity contribution in [3.8, 4) is 0 Å². The number of likely N-dealkylation sites (tertiary alicyclic amines) is 1. The second kappa shape index (κ2) is 16.2. The Kier molecular flexibility index (Phi) is 12.3. The van der Waals surface area contributed by atoms with E-state index < -0.39 is 58.5 Å². The molecular formula is C41H60N6O6. The summed E-state index contributed by atoms with van der Waals surface area (Å²) in [5, 5.41) is 11.7. The van der Waals surface area contributed by atoms with E-state index in [1.807, 2.05) is 27.7 Å². The van der Waals surface area contributed by atoms with Crippen molar-refractivity contribution in [2.45, 2.75) is 123 Å². The van der Waals surface area contributed by atoms with Gasteiger partial charge in [0, 0.05) is 19.3 Å². The highest BCUT2D eigenvalue weighted by molar-refractivity contribution is 6.38. The van der Waals surface area contributed by atoms with Crippen LogP contribution in [0.4, 0.5) is 0 Å². The Bertz CT molecular complexity index is 1560. The highest BCUT2D eigenvalue weighted by Crippen LogP contribution is 2.57. The van der Waals surface area contributed by atoms with E-state index in [-0.39, 0.29) is 47.7 Å². The number of Topliss-reactive ketones (excluding diaryl/α,β-unsaturated/α-hetero) is 2. The lowest BCUT2D eigenvalue weighted by atomic mass is 9.54. The summed E-state index contributed by atoms with van der Waals surface area (Å²) < 4.78 is 0. The lowest BCUT2D eigenvalue weighted by molar-refractivity contribution is -0.145. The van der Waals surface area contributed by atoms with E-state index in [4.69, 9.17) is 0 Å². The first kappa shape index (κ1) is 40.3. The zero-order chi connectivity index (χ0) is 38.7. The summed E-state index contributed by atoms with van der Waals surface area (Å²) in [4.78, 5) is 88.5. The van der Waals surface area contributed by atoms with Crippen molar-refractivity contribution in [3.63, 3.8) is 0 Å². The lowest BCUT2D eigenvalue weighted by Gasteiger charge is -2.49. The highest BCUT2D eigenvalue weighted by atomic mass is 16.2. The van der Waals surface area contributed by atoms with Crippen LogP contribution in [-0.4, -0.2) is 88.9 Å². The average Bonchev–Trinajstić information content (AvgIpc) is 3.87. The summed E-state index contributed by atoms with van der Waals surface area (Å²) in [7, 11) is 0. The maximum absolute atomic E-state index is 14.8. The van der Waals surface area contributed by atoms with Gasteiger partial charge < -0.3 is 20.9 Å². The van der Waals surface area contributed by atoms with Crippen molar-refractivity contribution in [2.75, 3.05) is 19.6 Å². The van der Waals surface area contributed by atoms with Crippen LogP contribution in [0.1, 0.15) is 110 Å². The van der Waals surface area contributed by atoms with Crippen molar-refractivity contribution in [1.82, 2.24) is 31.2 Å². The monoisotopic (exact) mass is 732 g/mol. The van der Waals surface area contributed by atoms with Crippen LogP contribution in [0, 0.1) is 34.0 Å². The molecule has 12 nitrogen and oxygen atoms in total. The molecule has 53 heavy (non-hydrogen) atoms. The maximum atomic E-state index is 14.8. The molecule has 3 saturated carbocycles. The number of hydrogen-bond acceptors (Lipinski definition) is 8. The number of rotatable bonds is 16. The van der Waals surface area contributed by atoms with Gasteiger partial charge in [0.15, 0.2) is 5.78 Å². The van der Waals surface area contributed by atoms with Crippen molar-refractivity contribution in [3.05, 3.63) is 42.7 Å². The van der Waals surface area contributed by atoms with Gasteiger partial charge in [0.25, 0.3) is 11.8 Å². The Morgan fingerprint density at radius 3 is 2.30 bits per heavy atom. The largest absolute Gasteiger partial charge is 0.346 e. The van der Waals surface area contributed by atoms with Crippen LogP contribution in [0.2, 0.25) is 0 Å². The summed E-state index contributed by atoms with van der Waals surface area (Å²) >= 11 is 0. The zero-order valence-electron chi connectivity index (χ0n) is 32.5. The fraction of sp³-hybridized carbons (Fsp3) is 0.683. The van der Waals surface area contributed by atoms with Crippen LogP contribution < -0.4 is 21.3 Å². The minimum atomic E-state index is -0.988. The third-order valence-electron chi connectivity index (χ3n) is 12.2. The molecule has 5 rings (SSSR count). The molecule has 6 atom stereocenters. The second-order valence-corrected chi connectivity index (χ2v) is 18.0. The van der Waals surface area contributed by atoms with E-state index >= 15 is 0 Å². The number of carbonyl (C=O) groups excluding carboxylic acids is 6. The lowest BCUT2D eigenvalue weighted by Crippen LogP contribution is -2.63. The summed E-state index contributed by atoms with van der Waals surface area (Å²) in [5.74, 6) is -2.41. The van der Waals surface area contributed by atoms with Gasteiger partial charge in [-0.05, 0) is 71.8 Å². The second-order valence-electron chi connectivity index (χ2n) is 18.0. The molecule has 4 amide bonds. The first-order chi connectivity index (χ1) is 25.0. The molecule has 0 spiro atoms. The van der Waals surface area contributed by atoms with Crippen molar-refractivity contribution >= 4 is 35.2 Å². The smallest absolute Gasteiger partial charge is 0.289 e. The van der Waals surface area contributed by atoms with Crippen molar-refractivity contribution in [2.24, 2.45) is 34.0 Å². The molecule has 4 N–H and O–H groups in total. The van der Waals surface area contributed by atoms with E-state index in [2.05, 4.69) is 46.7 Å². The number of aromatic nitrogens is 1. The summed E-state index contributed by atoms with van der Waals surface area (Å²) in [6.07, 6.45) is 10.7. The van der Waals surface area contributed by atoms with Gasteiger partial charge >= 0.3 is 0 Å². The Hall–Kier alpha value is -3.93. The molecule has 12 heteroatoms. The summed E-state index contributed by atoms with van der Waals surface area (Å²) in [6.45, 7) is 15.9. The number of carbonyl (C=O) groups is 6. The molecule has 1 saturated heterocycles. The third-order valence-corrected chi connectivity index (χ3v) is 12.2. The first-order valence-corrected chi connectivity index (χ1v) is 19.5. The molecule has 3 aliphatic carbocycles. The molecule has 1 aromatic rings. The molecule has 0 aromatic carbocycles. The minimum Gasteiger partial charge on any atom is -0.346 e. The third kappa shape index (κ3) is 9.24. The van der Waals surface area contributed by atoms with Crippen LogP contribution in [0.15, 0.2) is 37.1 Å². The number of amides is 4. The molecule has 1 aliphatic heterocycles. The fourth-order valence-electron chi connectivity index (χ4n) is 9.10. The number of ketones is 2. The average molecular weight is 733 g/mol. The summed E-state index contributed by atoms with van der Waals surface area (Å²) in [6, 6.07) is 1.58. The molecule has 0 bridgehead atoms. The van der Waals surface area contributed by atoms with Gasteiger partial charge in [-0.3, -0.25) is 39.1 Å². The van der Waals surface area contributed by atoms with E-state index in [0.29, 0.717) is 18.9 Å². The molecule has 2 unspecified atom stereocenters. The van der Waals surface area contributed by atoms with E-state index in [9.17, 15) is 28.8 Å². The Balaban J connectivity index is 1.37. The molecular weight excluding hydrogens is 672 g/mol. The quantitative estimate of drug-likeness (QED) is 0.147. The molecule has 1 aromatic heterocycles. The molecule has 4 fully saturated rings. The number of hydrogen-bond donors (Lipinski definition) is 4. The number of nitrogens with one attached hydrogen (secondary N) is 4. The predicted octanol–water partition coefficient (Wildman–Crippen LogP) is 3.75. The van der Waals surface area contributed by atoms with Crippen LogP contribution >= 0.6 is 0 Å². The van der Waals surface area contributed by atoms with Crippen molar-refractivity contribution < 1.29 is 28.8 Å². The first-order valence-electron chi connectivity index (χ1n) is 19.5. The normalized spacial score (nSPS) is 24.7. The predicted molar refractivity (Wildman–Crippen MR) is 201 cm³/mol. The highest BCUT2D eigenvalue weighted by Gasteiger charge is 2.61. The molecule has 0 radical (unpaired) electrons. The zero-order valence-corrected chi connectivity index (χ0v) is 32.5. The molecule has 4 aliphatic rings. The van der Waals surface area contributed by atoms with Gasteiger partial charge in [-0.25, -0.2) is 0 Å². The van der Waals surface area contributed by atoms with Crippen LogP contribution in [0.5, 0.6) is 0 Å². The van der Waals surface area contributed by atoms with E-state index in [1.165, 1.54) is 12.3 Å². The van der Waals surface area contributed by atoms with E-state index in [1.54, 1.807) is 23.1 Å². The number of nitrogens with zero attached hydrogens (tertiary/aromatic N) is 2. The van der Waals surface area contributed by atoms with Crippen LogP contribution in [0.3, 0.4) is 0 Å². The maximum Gasteiger partial charge on any atom is 0.289 e. The number of pyridine rings is 1. The standard InChI is InChI=1S/C41H60N6O6/c1-8-19-43-36(51)32(49)28(21-25-15-16-25)44-23-29(48)31-30-26(22-40(30,5)6)24-47(31)38(53)34(39(2,3)4)46-37(52)33(41(7)17-11-9-12-18-41)45-35(50)27-14-10-13-20-42-27/h8,10,13-14,20,25-26,28,30-31,33-34,44H,1,9,11-12,15-19,21-24H2,2-7H3,(H,43,51)(H,45,50)(H,46,52)/t26?,28?,30-,31+,33+,34+/m0/s1. The van der Waals surface area contributed by atoms with Crippen LogP contribution in [-0.2, 0) is 24.0 Å². The Morgan fingerprint density at radius 1 is 1.02 bits per heavy atom. The van der Waals surface area contributed by atoms with E-state index in [0.717, 1.165) is 51.4 Å². The number of fused-ring (bicyclic) bond motifs is 1. The Labute approximate surface area is 314 Å².